The molecule has 0 atom stereocenters. The predicted octanol–water partition coefficient (Wildman–Crippen LogP) is 13.9. The molecule has 7 rings (SSSR count). The maximum atomic E-state index is 11.9. The molecule has 0 aliphatic rings. The largest absolute Gasteiger partial charge is 0.508 e. The number of phenols is 1. The van der Waals surface area contributed by atoms with Crippen molar-refractivity contribution in [3.63, 3.8) is 0 Å². The topological polar surface area (TPSA) is 337 Å². The Kier molecular flexibility index (Phi) is 27.1. The molecular formula is C71H88N12O11. The fourth-order valence-electron chi connectivity index (χ4n) is 8.16. The van der Waals surface area contributed by atoms with Crippen LogP contribution in [-0.4, -0.2) is 57.9 Å². The number of aryl methyl sites for hydroxylation is 2. The van der Waals surface area contributed by atoms with Gasteiger partial charge in [0.15, 0.2) is 11.9 Å². The van der Waals surface area contributed by atoms with Crippen LogP contribution in [0.15, 0.2) is 198 Å². The molecule has 0 bridgehead atoms. The van der Waals surface area contributed by atoms with Gasteiger partial charge in [0.1, 0.15) is 89.5 Å². The number of aromatic hydroxyl groups is 1. The number of hydrogen-bond donors (Lipinski definition) is 10. The van der Waals surface area contributed by atoms with Gasteiger partial charge in [0, 0.05) is 11.4 Å². The van der Waals surface area contributed by atoms with Crippen LogP contribution in [0.3, 0.4) is 0 Å². The van der Waals surface area contributed by atoms with Crippen LogP contribution in [-0.2, 0) is 40.6 Å². The molecule has 3 amide bonds. The lowest BCUT2D eigenvalue weighted by atomic mass is 10.1. The fraction of sp³-hybridized carbons (Fsp3) is 0.268. The first-order chi connectivity index (χ1) is 44.2. The third kappa shape index (κ3) is 30.4. The van der Waals surface area contributed by atoms with Crippen molar-refractivity contribution in [1.82, 2.24) is 16.0 Å². The molecule has 0 saturated heterocycles. The van der Waals surface area contributed by atoms with Gasteiger partial charge in [0.05, 0.1) is 17.1 Å². The molecule has 0 unspecified atom stereocenters. The maximum Gasteiger partial charge on any atom is 0.413 e. The number of benzene rings is 7. The number of rotatable bonds is 21. The minimum Gasteiger partial charge on any atom is -0.508 e. The van der Waals surface area contributed by atoms with Gasteiger partial charge in [0.25, 0.3) is 0 Å². The highest BCUT2D eigenvalue weighted by Crippen LogP contribution is 2.25. The first-order valence-electron chi connectivity index (χ1n) is 29.7. The zero-order valence-electron chi connectivity index (χ0n) is 55.4. The van der Waals surface area contributed by atoms with E-state index >= 15 is 0 Å². The summed E-state index contributed by atoms with van der Waals surface area (Å²) < 4.78 is 39.3. The number of aliphatic imine (C=N–C) groups is 3. The standard InChI is InChI=1S/C35H44N4O6.C23H26N6O2.C13H18N2O3/c1-23-18-26(21-42-30-14-10-28(11-15-30)36-24(2)38-32(40)44-34(4,5)6)20-27(19-23)22-43-31-16-12-29(13-17-31)37-25(3)39-33(41)45-35(7,8)9;1-15-10-16(13-30-20-6-2-18(3-7-20)28-22(24)25)12-17(11-15)14-31-21-8-4-19(5-9-21)29-23(26)27;1-9(15-12(17)18-13(2,3)4)14-10-5-7-11(16)8-6-10/h10-20,36H,2,21-22H2,1,3-9H3,(H,38,40)(H,37,39,41);2-12H,13-14H2,1H3,(H4,24,25,28)(H4,26,27,29);5-8,14,16H,1H2,2-4H3,(H,15,17). The van der Waals surface area contributed by atoms with Crippen LogP contribution < -0.4 is 68.5 Å². The Bertz CT molecular complexity index is 3650. The Balaban J connectivity index is 0.000000281. The molecule has 0 aliphatic heterocycles. The number of carbonyl (C=O) groups excluding carboxylic acids is 3. The summed E-state index contributed by atoms with van der Waals surface area (Å²) in [4.78, 5) is 47.7. The lowest BCUT2D eigenvalue weighted by Crippen LogP contribution is -2.35. The highest BCUT2D eigenvalue weighted by molar-refractivity contribution is 5.95. The van der Waals surface area contributed by atoms with Crippen LogP contribution in [0.1, 0.15) is 103 Å². The number of guanidine groups is 2. The van der Waals surface area contributed by atoms with Crippen LogP contribution in [0.2, 0.25) is 0 Å². The second kappa shape index (κ2) is 34.7. The Morgan fingerprint density at radius 2 is 0.681 bits per heavy atom. The minimum absolute atomic E-state index is 0.0212. The third-order valence-electron chi connectivity index (χ3n) is 11.6. The average Bonchev–Trinajstić information content (AvgIpc) is 0.902. The van der Waals surface area contributed by atoms with Gasteiger partial charge in [-0.05, 0) is 239 Å². The van der Waals surface area contributed by atoms with E-state index in [-0.39, 0.29) is 17.7 Å². The number of ether oxygens (including phenoxy) is 7. The molecular weight excluding hydrogens is 1200 g/mol. The summed E-state index contributed by atoms with van der Waals surface area (Å²) in [6, 6.07) is 48.0. The number of nitrogens with zero attached hydrogens (tertiary/aromatic N) is 3. The van der Waals surface area contributed by atoms with Crippen molar-refractivity contribution >= 4 is 64.5 Å². The van der Waals surface area contributed by atoms with E-state index in [9.17, 15) is 14.4 Å². The smallest absolute Gasteiger partial charge is 0.413 e. The normalized spacial score (nSPS) is 11.0. The van der Waals surface area contributed by atoms with Gasteiger partial charge in [0.2, 0.25) is 0 Å². The van der Waals surface area contributed by atoms with Gasteiger partial charge in [-0.25, -0.2) is 29.4 Å². The number of nitrogens with one attached hydrogen (secondary N) is 5. The summed E-state index contributed by atoms with van der Waals surface area (Å²) in [5.41, 5.74) is 29.6. The third-order valence-corrected chi connectivity index (χ3v) is 11.6. The second-order valence-corrected chi connectivity index (χ2v) is 24.2. The van der Waals surface area contributed by atoms with Gasteiger partial charge in [-0.1, -0.05) is 48.6 Å². The molecule has 94 heavy (non-hydrogen) atoms. The number of nitrogens with two attached hydrogens (primary N) is 4. The minimum atomic E-state index is -0.596. The Hall–Kier alpha value is -11.4. The van der Waals surface area contributed by atoms with Crippen LogP contribution in [0.25, 0.3) is 0 Å². The van der Waals surface area contributed by atoms with Crippen LogP contribution in [0.4, 0.5) is 42.8 Å². The molecule has 14 N–H and O–H groups in total. The number of amidine groups is 1. The van der Waals surface area contributed by atoms with Crippen LogP contribution in [0.5, 0.6) is 28.7 Å². The van der Waals surface area contributed by atoms with Crippen molar-refractivity contribution < 1.29 is 52.6 Å². The molecule has 23 heteroatoms. The molecule has 23 nitrogen and oxygen atoms in total. The lowest BCUT2D eigenvalue weighted by molar-refractivity contribution is 0.0535. The Labute approximate surface area is 550 Å². The monoisotopic (exact) mass is 1280 g/mol. The van der Waals surface area contributed by atoms with Gasteiger partial charge < -0.3 is 71.8 Å². The van der Waals surface area contributed by atoms with Crippen molar-refractivity contribution in [2.45, 2.75) is 126 Å². The van der Waals surface area contributed by atoms with E-state index in [2.05, 4.69) is 91.1 Å². The summed E-state index contributed by atoms with van der Waals surface area (Å²) in [7, 11) is 0. The Morgan fingerprint density at radius 1 is 0.415 bits per heavy atom. The summed E-state index contributed by atoms with van der Waals surface area (Å²) in [6.45, 7) is 31.0. The van der Waals surface area contributed by atoms with E-state index in [0.717, 1.165) is 50.6 Å². The quantitative estimate of drug-likeness (QED) is 0.0138. The number of amides is 3. The molecule has 0 heterocycles. The van der Waals surface area contributed by atoms with E-state index in [1.54, 1.807) is 106 Å². The fourth-order valence-corrected chi connectivity index (χ4v) is 8.16. The number of hydrogen-bond acceptors (Lipinski definition) is 16. The van der Waals surface area contributed by atoms with Crippen molar-refractivity contribution in [1.29, 1.82) is 0 Å². The first-order valence-corrected chi connectivity index (χ1v) is 29.7. The van der Waals surface area contributed by atoms with Crippen molar-refractivity contribution in [3.8, 4) is 28.7 Å². The highest BCUT2D eigenvalue weighted by atomic mass is 16.6. The van der Waals surface area contributed by atoms with Crippen LogP contribution >= 0.6 is 0 Å². The summed E-state index contributed by atoms with van der Waals surface area (Å²) in [5, 5.41) is 22.7. The maximum absolute atomic E-state index is 11.9. The Morgan fingerprint density at radius 3 is 0.968 bits per heavy atom. The van der Waals surface area contributed by atoms with Gasteiger partial charge >= 0.3 is 18.3 Å². The molecule has 0 saturated carbocycles. The van der Waals surface area contributed by atoms with E-state index in [4.69, 9.17) is 61.2 Å². The van der Waals surface area contributed by atoms with Crippen molar-refractivity contribution in [2.75, 3.05) is 10.6 Å². The van der Waals surface area contributed by atoms with Crippen LogP contribution in [0, 0.1) is 13.8 Å². The number of anilines is 2. The van der Waals surface area contributed by atoms with Gasteiger partial charge in [-0.3, -0.25) is 16.0 Å². The molecule has 0 spiro atoms. The summed E-state index contributed by atoms with van der Waals surface area (Å²) in [6.07, 6.45) is -1.69. The zero-order valence-corrected chi connectivity index (χ0v) is 55.4. The SMILES string of the molecule is C=C(NC(=O)OC(C)(C)C)Nc1ccc(O)cc1.C=C(NC(=O)OC(C)(C)C)Nc1ccc(OCc2cc(C)cc(COc3ccc(N=C(C)NC(=O)OC(C)(C)C)cc3)c2)cc1.Cc1cc(COc2ccc(N=C(N)N)cc2)cc(COc2ccc(N=C(N)N)cc2)c1. The van der Waals surface area contributed by atoms with E-state index in [1.807, 2.05) is 86.6 Å². The molecule has 7 aromatic rings. The van der Waals surface area contributed by atoms with Crippen molar-refractivity contribution in [3.05, 3.63) is 216 Å². The molecule has 0 fully saturated rings. The first kappa shape index (κ1) is 73.4. The second-order valence-electron chi connectivity index (χ2n) is 24.2. The van der Waals surface area contributed by atoms with E-state index < -0.39 is 35.1 Å². The molecule has 0 aliphatic carbocycles. The summed E-state index contributed by atoms with van der Waals surface area (Å²) >= 11 is 0. The summed E-state index contributed by atoms with van der Waals surface area (Å²) in [5.74, 6) is 4.11. The lowest BCUT2D eigenvalue weighted by Gasteiger charge is -2.20. The molecule has 0 radical (unpaired) electrons. The number of phenolic OH excluding ortho intramolecular Hbond substituents is 1. The van der Waals surface area contributed by atoms with Crippen molar-refractivity contribution in [2.24, 2.45) is 37.9 Å². The zero-order chi connectivity index (χ0) is 69.2. The number of carbonyl (C=O) groups is 3. The highest BCUT2D eigenvalue weighted by Gasteiger charge is 2.19. The van der Waals surface area contributed by atoms with Gasteiger partial charge in [-0.2, -0.15) is 0 Å². The van der Waals surface area contributed by atoms with E-state index in [0.29, 0.717) is 78.2 Å². The molecule has 7 aromatic carbocycles. The van der Waals surface area contributed by atoms with Gasteiger partial charge in [-0.15, -0.1) is 0 Å². The number of alkyl carbamates (subject to hydrolysis) is 3. The average molecular weight is 1290 g/mol. The van der Waals surface area contributed by atoms with E-state index in [1.165, 1.54) is 12.1 Å². The molecule has 0 aromatic heterocycles. The molecule has 498 valence electrons. The predicted molar refractivity (Wildman–Crippen MR) is 371 cm³/mol.